The van der Waals surface area contributed by atoms with E-state index in [1.165, 1.54) is 38.5 Å². The first-order valence-electron chi connectivity index (χ1n) is 9.75. The highest BCUT2D eigenvalue weighted by Gasteiger charge is 2.23. The van der Waals surface area contributed by atoms with Crippen molar-refractivity contribution in [2.45, 2.75) is 63.7 Å². The zero-order chi connectivity index (χ0) is 16.5. The van der Waals surface area contributed by atoms with Crippen molar-refractivity contribution in [1.29, 1.82) is 0 Å². The number of nitrogens with one attached hydrogen (secondary N) is 4. The molecule has 1 aromatic heterocycles. The highest BCUT2D eigenvalue weighted by Crippen LogP contribution is 2.18. The molecule has 1 aliphatic heterocycles. The topological polar surface area (TPSA) is 61.0 Å². The molecule has 0 aromatic carbocycles. The summed E-state index contributed by atoms with van der Waals surface area (Å²) in [6.45, 7) is 6.02. The summed E-state index contributed by atoms with van der Waals surface area (Å²) in [6, 6.07) is 7.64. The van der Waals surface area contributed by atoms with Crippen LogP contribution in [0.25, 0.3) is 0 Å². The summed E-state index contributed by atoms with van der Waals surface area (Å²) in [5, 5.41) is 14.6. The fourth-order valence-electron chi connectivity index (χ4n) is 3.78. The van der Waals surface area contributed by atoms with Crippen LogP contribution in [0.4, 0.5) is 0 Å². The number of aromatic nitrogens is 1. The summed E-state index contributed by atoms with van der Waals surface area (Å²) >= 11 is 0. The lowest BCUT2D eigenvalue weighted by Gasteiger charge is -2.33. The monoisotopic (exact) mass is 331 g/mol. The van der Waals surface area contributed by atoms with Crippen molar-refractivity contribution in [1.82, 2.24) is 26.3 Å². The van der Waals surface area contributed by atoms with Gasteiger partial charge in [0.1, 0.15) is 0 Å². The van der Waals surface area contributed by atoms with E-state index < -0.39 is 0 Å². The molecule has 134 valence electrons. The molecule has 1 aliphatic carbocycles. The summed E-state index contributed by atoms with van der Waals surface area (Å²) in [6.07, 6.45) is 7.72. The van der Waals surface area contributed by atoms with Crippen LogP contribution in [-0.2, 0) is 13.1 Å². The fraction of sp³-hybridized carbons (Fsp3) is 0.737. The maximum absolute atomic E-state index is 4.72. The molecule has 0 saturated heterocycles. The van der Waals surface area contributed by atoms with Crippen molar-refractivity contribution in [3.63, 3.8) is 0 Å². The minimum atomic E-state index is 0.652. The lowest BCUT2D eigenvalue weighted by atomic mass is 9.90. The van der Waals surface area contributed by atoms with Crippen LogP contribution in [0, 0.1) is 0 Å². The first-order valence-corrected chi connectivity index (χ1v) is 9.75. The molecule has 1 fully saturated rings. The number of fused-ring (bicyclic) bond motifs is 3. The molecule has 1 saturated carbocycles. The molecule has 0 spiro atoms. The van der Waals surface area contributed by atoms with E-state index in [1.807, 2.05) is 0 Å². The summed E-state index contributed by atoms with van der Waals surface area (Å²) in [4.78, 5) is 4.72. The second kappa shape index (κ2) is 10.1. The molecule has 0 amide bonds. The van der Waals surface area contributed by atoms with Gasteiger partial charge in [-0.1, -0.05) is 18.9 Å². The molecule has 1 aromatic rings. The van der Waals surface area contributed by atoms with Gasteiger partial charge in [-0.2, -0.15) is 0 Å². The zero-order valence-electron chi connectivity index (χ0n) is 14.8. The van der Waals surface area contributed by atoms with Gasteiger partial charge in [-0.05, 0) is 64.0 Å². The second-order valence-electron chi connectivity index (χ2n) is 7.09. The van der Waals surface area contributed by atoms with Gasteiger partial charge in [-0.25, -0.2) is 0 Å². The minimum absolute atomic E-state index is 0.652. The Hall–Kier alpha value is -1.01. The molecular weight excluding hydrogens is 298 g/mol. The van der Waals surface area contributed by atoms with Gasteiger partial charge >= 0.3 is 0 Å². The van der Waals surface area contributed by atoms with Crippen LogP contribution < -0.4 is 21.3 Å². The smallest absolute Gasteiger partial charge is 0.0545 e. The third-order valence-electron chi connectivity index (χ3n) is 5.12. The van der Waals surface area contributed by atoms with E-state index in [2.05, 4.69) is 39.5 Å². The Morgan fingerprint density at radius 1 is 0.708 bits per heavy atom. The second-order valence-corrected chi connectivity index (χ2v) is 7.09. The van der Waals surface area contributed by atoms with Crippen LogP contribution in [-0.4, -0.2) is 43.2 Å². The average Bonchev–Trinajstić information content (AvgIpc) is 2.62. The first kappa shape index (κ1) is 17.8. The lowest BCUT2D eigenvalue weighted by molar-refractivity contribution is 0.282. The van der Waals surface area contributed by atoms with Crippen LogP contribution in [0.15, 0.2) is 18.2 Å². The minimum Gasteiger partial charge on any atom is -0.312 e. The lowest BCUT2D eigenvalue weighted by Crippen LogP contribution is -2.50. The highest BCUT2D eigenvalue weighted by molar-refractivity contribution is 5.11. The number of hydrogen-bond donors (Lipinski definition) is 4. The van der Waals surface area contributed by atoms with E-state index >= 15 is 0 Å². The largest absolute Gasteiger partial charge is 0.312 e. The van der Waals surface area contributed by atoms with E-state index in [4.69, 9.17) is 4.98 Å². The quantitative estimate of drug-likeness (QED) is 0.581. The molecule has 2 bridgehead atoms. The van der Waals surface area contributed by atoms with Gasteiger partial charge in [-0.3, -0.25) is 4.98 Å². The van der Waals surface area contributed by atoms with Crippen LogP contribution in [0.2, 0.25) is 0 Å². The Kier molecular flexibility index (Phi) is 7.48. The van der Waals surface area contributed by atoms with Crippen molar-refractivity contribution in [2.24, 2.45) is 0 Å². The fourth-order valence-corrected chi connectivity index (χ4v) is 3.78. The van der Waals surface area contributed by atoms with Gasteiger partial charge in [0, 0.05) is 25.2 Å². The molecule has 2 aliphatic rings. The van der Waals surface area contributed by atoms with Gasteiger partial charge < -0.3 is 21.3 Å². The van der Waals surface area contributed by atoms with Crippen LogP contribution in [0.1, 0.15) is 49.9 Å². The van der Waals surface area contributed by atoms with Gasteiger partial charge in [0.05, 0.1) is 11.4 Å². The maximum atomic E-state index is 4.72. The normalized spacial score (nSPS) is 27.8. The van der Waals surface area contributed by atoms with E-state index in [-0.39, 0.29) is 0 Å². The molecule has 4 N–H and O–H groups in total. The van der Waals surface area contributed by atoms with E-state index in [0.29, 0.717) is 12.1 Å². The third kappa shape index (κ3) is 5.81. The Balaban J connectivity index is 1.53. The van der Waals surface area contributed by atoms with Gasteiger partial charge in [-0.15, -0.1) is 0 Å². The molecular formula is C19H33N5. The van der Waals surface area contributed by atoms with Crippen LogP contribution in [0.3, 0.4) is 0 Å². The third-order valence-corrected chi connectivity index (χ3v) is 5.12. The number of hydrogen-bond acceptors (Lipinski definition) is 5. The Labute approximate surface area is 146 Å². The first-order chi connectivity index (χ1) is 11.9. The van der Waals surface area contributed by atoms with E-state index in [9.17, 15) is 0 Å². The summed E-state index contributed by atoms with van der Waals surface area (Å²) < 4.78 is 0. The van der Waals surface area contributed by atoms with Crippen molar-refractivity contribution in [2.75, 3.05) is 26.2 Å². The average molecular weight is 332 g/mol. The summed E-state index contributed by atoms with van der Waals surface area (Å²) in [5.74, 6) is 0. The SMILES string of the molecule is c1cc2nc(c1)CNCCCN[C@@H]1CCCC[C@H]1NCCCNC2. The molecule has 5 nitrogen and oxygen atoms in total. The predicted octanol–water partition coefficient (Wildman–Crippen LogP) is 1.54. The molecule has 24 heavy (non-hydrogen) atoms. The van der Waals surface area contributed by atoms with E-state index in [1.54, 1.807) is 0 Å². The Morgan fingerprint density at radius 2 is 1.25 bits per heavy atom. The highest BCUT2D eigenvalue weighted by atomic mass is 15.0. The van der Waals surface area contributed by atoms with Crippen molar-refractivity contribution >= 4 is 0 Å². The number of nitrogens with zero attached hydrogens (tertiary/aromatic N) is 1. The van der Waals surface area contributed by atoms with Gasteiger partial charge in [0.15, 0.2) is 0 Å². The van der Waals surface area contributed by atoms with Crippen LogP contribution in [0.5, 0.6) is 0 Å². The molecule has 0 radical (unpaired) electrons. The maximum Gasteiger partial charge on any atom is 0.0545 e. The van der Waals surface area contributed by atoms with Crippen LogP contribution >= 0.6 is 0 Å². The molecule has 2 heterocycles. The predicted molar refractivity (Wildman–Crippen MR) is 98.9 cm³/mol. The molecule has 2 atom stereocenters. The van der Waals surface area contributed by atoms with Crippen molar-refractivity contribution in [3.8, 4) is 0 Å². The molecule has 0 unspecified atom stereocenters. The number of rotatable bonds is 0. The standard InChI is InChI=1S/C19H33N5/c1-2-9-19-18(8-1)22-12-4-10-20-14-16-6-3-7-17(24-16)15-21-11-5-13-23-19/h3,6-7,18-23H,1-2,4-5,8-15H2/t18-,19-/m1/s1. The summed E-state index contributed by atoms with van der Waals surface area (Å²) in [5.41, 5.74) is 2.28. The number of pyridine rings is 1. The molecule has 3 rings (SSSR count). The van der Waals surface area contributed by atoms with Gasteiger partial charge in [0.25, 0.3) is 0 Å². The van der Waals surface area contributed by atoms with Crippen molar-refractivity contribution < 1.29 is 0 Å². The van der Waals surface area contributed by atoms with E-state index in [0.717, 1.165) is 50.7 Å². The van der Waals surface area contributed by atoms with Crippen molar-refractivity contribution in [3.05, 3.63) is 29.6 Å². The zero-order valence-corrected chi connectivity index (χ0v) is 14.8. The Bertz CT molecular complexity index is 439. The van der Waals surface area contributed by atoms with Gasteiger partial charge in [0.2, 0.25) is 0 Å². The Morgan fingerprint density at radius 3 is 1.79 bits per heavy atom. The molecule has 5 heteroatoms. The summed E-state index contributed by atoms with van der Waals surface area (Å²) in [7, 11) is 0.